The highest BCUT2D eigenvalue weighted by Crippen LogP contribution is 2.42. The van der Waals surface area contributed by atoms with Crippen LogP contribution in [0.2, 0.25) is 0 Å². The molecule has 3 heterocycles. The van der Waals surface area contributed by atoms with Crippen LogP contribution in [0.3, 0.4) is 0 Å². The van der Waals surface area contributed by atoms with E-state index in [4.69, 9.17) is 45.8 Å². The fourth-order valence-corrected chi connectivity index (χ4v) is 9.27. The maximum absolute atomic E-state index is 14.2. The summed E-state index contributed by atoms with van der Waals surface area (Å²) < 4.78 is 41.2. The molecular formula is C54H61N5O9S. The number of amides is 2. The number of carbonyl (C=O) groups is 2. The second kappa shape index (κ2) is 22.3. The van der Waals surface area contributed by atoms with Crippen molar-refractivity contribution in [2.24, 2.45) is 4.99 Å². The van der Waals surface area contributed by atoms with E-state index < -0.39 is 0 Å². The van der Waals surface area contributed by atoms with E-state index >= 15 is 0 Å². The molecule has 0 spiro atoms. The molecular weight excluding hydrogens is 895 g/mol. The first-order chi connectivity index (χ1) is 33.5. The van der Waals surface area contributed by atoms with E-state index in [0.717, 1.165) is 52.2 Å². The Morgan fingerprint density at radius 1 is 0.826 bits per heavy atom. The molecule has 0 fully saturated rings. The number of nitrogens with zero attached hydrogens (tertiary/aromatic N) is 4. The molecule has 0 unspecified atom stereocenters. The minimum absolute atomic E-state index is 0.0133. The number of nitrogens with one attached hydrogen (secondary N) is 1. The Hall–Kier alpha value is -6.48. The van der Waals surface area contributed by atoms with Gasteiger partial charge in [0.05, 0.1) is 75.8 Å². The number of methoxy groups -OCH3 is 3. The zero-order chi connectivity index (χ0) is 48.5. The predicted octanol–water partition coefficient (Wildman–Crippen LogP) is 8.74. The van der Waals surface area contributed by atoms with Gasteiger partial charge in [-0.05, 0) is 104 Å². The quantitative estimate of drug-likeness (QED) is 0.0392. The average molecular weight is 956 g/mol. The summed E-state index contributed by atoms with van der Waals surface area (Å²) in [4.78, 5) is 38.5. The monoisotopic (exact) mass is 955 g/mol. The third-order valence-corrected chi connectivity index (χ3v) is 12.4. The van der Waals surface area contributed by atoms with Crippen molar-refractivity contribution in [3.8, 4) is 23.0 Å². The summed E-state index contributed by atoms with van der Waals surface area (Å²) in [6, 6.07) is 29.1. The van der Waals surface area contributed by atoms with Crippen LogP contribution in [0.1, 0.15) is 56.8 Å². The summed E-state index contributed by atoms with van der Waals surface area (Å²) in [6.07, 6.45) is 1.54. The van der Waals surface area contributed by atoms with Gasteiger partial charge in [-0.2, -0.15) is 12.6 Å². The molecule has 0 radical (unpaired) electrons. The molecule has 69 heavy (non-hydrogen) atoms. The Bertz CT molecular complexity index is 2700. The van der Waals surface area contributed by atoms with Crippen LogP contribution < -0.4 is 39.0 Å². The minimum atomic E-state index is -0.366. The lowest BCUT2D eigenvalue weighted by Crippen LogP contribution is -2.39. The molecule has 5 aromatic carbocycles. The summed E-state index contributed by atoms with van der Waals surface area (Å²) in [5, 5.41) is 3.53. The zero-order valence-electron chi connectivity index (χ0n) is 40.0. The number of hydrogen-bond donors (Lipinski definition) is 2. The van der Waals surface area contributed by atoms with Crippen LogP contribution in [0.5, 0.6) is 23.0 Å². The van der Waals surface area contributed by atoms with Crippen molar-refractivity contribution in [2.75, 3.05) is 101 Å². The Balaban J connectivity index is 1.07. The fraction of sp³-hybridized carbons (Fsp3) is 0.370. The molecule has 15 heteroatoms. The van der Waals surface area contributed by atoms with Crippen molar-refractivity contribution < 1.29 is 42.7 Å². The van der Waals surface area contributed by atoms with Crippen LogP contribution in [-0.4, -0.2) is 109 Å². The number of fused-ring (bicyclic) bond motifs is 5. The minimum Gasteiger partial charge on any atom is -0.493 e. The number of anilines is 4. The third-order valence-electron chi connectivity index (χ3n) is 12.3. The maximum Gasteiger partial charge on any atom is 0.260 e. The molecule has 362 valence electrons. The standard InChI is InChI=1S/C54H61N5O9S/c1-7-55-44-30-50(48(63-5)28-42(44)52(60)58-17-16-38-12-8-10-14-46(38)58)67-33-36-24-37(26-40(25-36)57(35-54(2,3)69)18-19-65-22-23-66-21-20-62-4)34-68-51-31-45-43(29-49(51)64-6)53(61)59-41(32-56-45)27-39-13-9-11-15-47(39)59/h8-15,24-26,28-31,41,56,69H,1,16-23,27,32-35H2,2-6H3/t41-/m0/s1. The normalized spacial score (nSPS) is 14.7. The number of carbonyl (C=O) groups excluding carboxylic acids is 2. The van der Waals surface area contributed by atoms with Gasteiger partial charge in [-0.3, -0.25) is 9.59 Å². The van der Waals surface area contributed by atoms with Crippen LogP contribution in [0.15, 0.2) is 103 Å². The van der Waals surface area contributed by atoms with Crippen LogP contribution >= 0.6 is 12.6 Å². The largest absolute Gasteiger partial charge is 0.493 e. The van der Waals surface area contributed by atoms with E-state index in [1.54, 1.807) is 44.4 Å². The van der Waals surface area contributed by atoms with Gasteiger partial charge in [-0.1, -0.05) is 36.4 Å². The van der Waals surface area contributed by atoms with Gasteiger partial charge in [0.15, 0.2) is 23.0 Å². The highest BCUT2D eigenvalue weighted by Gasteiger charge is 2.38. The number of ether oxygens (including phenoxy) is 7. The number of para-hydroxylation sites is 2. The second-order valence-electron chi connectivity index (χ2n) is 17.8. The fourth-order valence-electron chi connectivity index (χ4n) is 9.10. The lowest BCUT2D eigenvalue weighted by Gasteiger charge is -2.32. The first-order valence-corrected chi connectivity index (χ1v) is 23.7. The topological polar surface area (TPSA) is 133 Å². The summed E-state index contributed by atoms with van der Waals surface area (Å²) in [7, 11) is 4.77. The van der Waals surface area contributed by atoms with Gasteiger partial charge in [0.25, 0.3) is 11.8 Å². The molecule has 1 N–H and O–H groups in total. The van der Waals surface area contributed by atoms with E-state index in [2.05, 4.69) is 59.7 Å². The van der Waals surface area contributed by atoms with Gasteiger partial charge in [-0.15, -0.1) is 0 Å². The number of rotatable bonds is 22. The van der Waals surface area contributed by atoms with Crippen LogP contribution in [0.25, 0.3) is 0 Å². The van der Waals surface area contributed by atoms with E-state index in [1.165, 1.54) is 0 Å². The molecule has 0 saturated heterocycles. The van der Waals surface area contributed by atoms with Gasteiger partial charge < -0.3 is 53.2 Å². The van der Waals surface area contributed by atoms with Gasteiger partial charge in [-0.25, -0.2) is 4.99 Å². The maximum atomic E-state index is 14.2. The third kappa shape index (κ3) is 11.5. The summed E-state index contributed by atoms with van der Waals surface area (Å²) in [5.41, 5.74) is 8.61. The smallest absolute Gasteiger partial charge is 0.260 e. The SMILES string of the molecule is C=C=Nc1cc(OCc2cc(COc3cc4c(cc3OC)C(=O)N3c5ccccc5C[C@H]3CN4)cc(N(CCOCCOCCOC)CC(C)(C)S)c2)c(OC)cc1C(=O)N1CCc2ccccc21. The first-order valence-electron chi connectivity index (χ1n) is 23.2. The molecule has 3 aliphatic heterocycles. The van der Waals surface area contributed by atoms with Crippen LogP contribution in [0.4, 0.5) is 28.4 Å². The summed E-state index contributed by atoms with van der Waals surface area (Å²) in [5.74, 6) is 4.02. The molecule has 0 aliphatic carbocycles. The molecule has 14 nitrogen and oxygen atoms in total. The van der Waals surface area contributed by atoms with Gasteiger partial charge in [0, 0.05) is 67.2 Å². The summed E-state index contributed by atoms with van der Waals surface area (Å²) >= 11 is 4.94. The van der Waals surface area contributed by atoms with Crippen molar-refractivity contribution in [1.29, 1.82) is 0 Å². The lowest BCUT2D eigenvalue weighted by atomic mass is 10.1. The number of benzene rings is 5. The van der Waals surface area contributed by atoms with Crippen molar-refractivity contribution in [1.82, 2.24) is 0 Å². The van der Waals surface area contributed by atoms with E-state index in [-0.39, 0.29) is 35.8 Å². The Morgan fingerprint density at radius 2 is 1.48 bits per heavy atom. The van der Waals surface area contributed by atoms with Crippen molar-refractivity contribution in [2.45, 2.75) is 50.7 Å². The molecule has 0 aromatic heterocycles. The molecule has 3 aliphatic rings. The Morgan fingerprint density at radius 3 is 2.17 bits per heavy atom. The molecule has 5 aromatic rings. The van der Waals surface area contributed by atoms with Crippen LogP contribution in [0, 0.1) is 0 Å². The first kappa shape index (κ1) is 49.0. The highest BCUT2D eigenvalue weighted by molar-refractivity contribution is 7.81. The number of hydrogen-bond acceptors (Lipinski definition) is 13. The van der Waals surface area contributed by atoms with Crippen LogP contribution in [-0.2, 0) is 40.3 Å². The number of aliphatic imine (C=N–C) groups is 1. The molecule has 1 atom stereocenters. The predicted molar refractivity (Wildman–Crippen MR) is 274 cm³/mol. The second-order valence-corrected chi connectivity index (χ2v) is 19.0. The van der Waals surface area contributed by atoms with Gasteiger partial charge >= 0.3 is 0 Å². The molecule has 0 bridgehead atoms. The van der Waals surface area contributed by atoms with E-state index in [0.29, 0.717) is 105 Å². The average Bonchev–Trinajstić information content (AvgIpc) is 3.92. The molecule has 0 saturated carbocycles. The van der Waals surface area contributed by atoms with Crippen molar-refractivity contribution in [3.05, 3.63) is 131 Å². The zero-order valence-corrected chi connectivity index (χ0v) is 40.9. The van der Waals surface area contributed by atoms with E-state index in [9.17, 15) is 9.59 Å². The molecule has 2 amide bonds. The Labute approximate surface area is 410 Å². The number of thiol groups is 1. The summed E-state index contributed by atoms with van der Waals surface area (Å²) in [6.45, 7) is 12.8. The van der Waals surface area contributed by atoms with Gasteiger partial charge in [0.1, 0.15) is 13.2 Å². The van der Waals surface area contributed by atoms with E-state index in [1.807, 2.05) is 59.5 Å². The lowest BCUT2D eigenvalue weighted by molar-refractivity contribution is 0.0264. The van der Waals surface area contributed by atoms with Gasteiger partial charge in [0.2, 0.25) is 0 Å². The molecule has 8 rings (SSSR count). The highest BCUT2D eigenvalue weighted by atomic mass is 32.1. The van der Waals surface area contributed by atoms with Crippen molar-refractivity contribution >= 4 is 58.7 Å². The Kier molecular flexibility index (Phi) is 15.8. The van der Waals surface area contributed by atoms with Crippen molar-refractivity contribution in [3.63, 3.8) is 0 Å².